The topological polar surface area (TPSA) is 32.3 Å². The molecule has 0 radical (unpaired) electrons. The summed E-state index contributed by atoms with van der Waals surface area (Å²) in [6.07, 6.45) is 2.97. The summed E-state index contributed by atoms with van der Waals surface area (Å²) in [6.45, 7) is 9.16. The number of rotatable bonds is 7. The molecule has 108 valence electrons. The normalized spacial score (nSPS) is 15.2. The van der Waals surface area contributed by atoms with Gasteiger partial charge in [-0.2, -0.15) is 0 Å². The summed E-state index contributed by atoms with van der Waals surface area (Å²) in [5, 5.41) is 13.0. The average Bonchev–Trinajstić information content (AvgIpc) is 2.37. The van der Waals surface area contributed by atoms with Crippen LogP contribution in [0.4, 0.5) is 0 Å². The van der Waals surface area contributed by atoms with Crippen molar-refractivity contribution in [2.45, 2.75) is 59.0 Å². The maximum absolute atomic E-state index is 9.24. The zero-order chi connectivity index (χ0) is 14.3. The second-order valence-corrected chi connectivity index (χ2v) is 6.39. The lowest BCUT2D eigenvalue weighted by atomic mass is 9.84. The zero-order valence-corrected chi connectivity index (χ0v) is 12.8. The molecule has 2 heteroatoms. The molecule has 1 aromatic carbocycles. The van der Waals surface area contributed by atoms with E-state index in [2.05, 4.69) is 63.3 Å². The first-order valence-electron chi connectivity index (χ1n) is 7.38. The molecule has 0 aliphatic heterocycles. The molecule has 2 nitrogen and oxygen atoms in total. The largest absolute Gasteiger partial charge is 0.396 e. The maximum Gasteiger partial charge on any atom is 0.0446 e. The van der Waals surface area contributed by atoms with Crippen LogP contribution in [-0.4, -0.2) is 23.8 Å². The molecule has 0 heterocycles. The van der Waals surface area contributed by atoms with E-state index in [1.807, 2.05) is 0 Å². The van der Waals surface area contributed by atoms with Crippen LogP contribution in [0.1, 0.15) is 46.1 Å². The van der Waals surface area contributed by atoms with Gasteiger partial charge >= 0.3 is 0 Å². The fourth-order valence-electron chi connectivity index (χ4n) is 2.40. The summed E-state index contributed by atoms with van der Waals surface area (Å²) in [6, 6.07) is 11.4. The molecular weight excluding hydrogens is 234 g/mol. The zero-order valence-electron chi connectivity index (χ0n) is 12.8. The Labute approximate surface area is 118 Å². The minimum atomic E-state index is 0.173. The van der Waals surface area contributed by atoms with Crippen molar-refractivity contribution in [3.63, 3.8) is 0 Å². The molecule has 1 aromatic rings. The number of aliphatic hydroxyl groups is 1. The quantitative estimate of drug-likeness (QED) is 0.790. The molecule has 0 aliphatic carbocycles. The third-order valence-corrected chi connectivity index (χ3v) is 3.72. The van der Waals surface area contributed by atoms with Gasteiger partial charge in [-0.25, -0.2) is 0 Å². The van der Waals surface area contributed by atoms with Crippen LogP contribution in [0.25, 0.3) is 0 Å². The minimum absolute atomic E-state index is 0.173. The smallest absolute Gasteiger partial charge is 0.0446 e. The van der Waals surface area contributed by atoms with E-state index in [0.29, 0.717) is 12.1 Å². The summed E-state index contributed by atoms with van der Waals surface area (Å²) < 4.78 is 0. The van der Waals surface area contributed by atoms with E-state index >= 15 is 0 Å². The molecule has 0 saturated carbocycles. The first kappa shape index (κ1) is 16.2. The van der Waals surface area contributed by atoms with Crippen LogP contribution in [0.5, 0.6) is 0 Å². The Balaban J connectivity index is 2.64. The van der Waals surface area contributed by atoms with Crippen molar-refractivity contribution in [3.05, 3.63) is 35.9 Å². The van der Waals surface area contributed by atoms with Gasteiger partial charge in [0.1, 0.15) is 0 Å². The molecule has 2 atom stereocenters. The van der Waals surface area contributed by atoms with Crippen LogP contribution in [0, 0.1) is 5.41 Å². The minimum Gasteiger partial charge on any atom is -0.396 e. The molecule has 0 amide bonds. The van der Waals surface area contributed by atoms with Crippen LogP contribution in [0.15, 0.2) is 30.3 Å². The van der Waals surface area contributed by atoms with Crippen LogP contribution in [-0.2, 0) is 6.42 Å². The van der Waals surface area contributed by atoms with E-state index < -0.39 is 0 Å². The molecule has 0 aliphatic rings. The van der Waals surface area contributed by atoms with Crippen molar-refractivity contribution >= 4 is 0 Å². The van der Waals surface area contributed by atoms with Gasteiger partial charge < -0.3 is 10.4 Å². The number of nitrogens with one attached hydrogen (secondary N) is 1. The lowest BCUT2D eigenvalue weighted by molar-refractivity contribution is 0.184. The van der Waals surface area contributed by atoms with E-state index in [4.69, 9.17) is 0 Å². The van der Waals surface area contributed by atoms with Crippen molar-refractivity contribution in [2.24, 2.45) is 5.41 Å². The van der Waals surface area contributed by atoms with E-state index in [-0.39, 0.29) is 12.0 Å². The summed E-state index contributed by atoms with van der Waals surface area (Å²) in [5.41, 5.74) is 1.55. The molecule has 0 bridgehead atoms. The predicted molar refractivity (Wildman–Crippen MR) is 82.3 cm³/mol. The number of hydrogen-bond acceptors (Lipinski definition) is 2. The summed E-state index contributed by atoms with van der Waals surface area (Å²) in [4.78, 5) is 0. The molecule has 0 aromatic heterocycles. The van der Waals surface area contributed by atoms with Gasteiger partial charge in [0.15, 0.2) is 0 Å². The van der Waals surface area contributed by atoms with E-state index in [1.54, 1.807) is 0 Å². The Morgan fingerprint density at radius 3 is 2.26 bits per heavy atom. The van der Waals surface area contributed by atoms with Crippen molar-refractivity contribution in [1.82, 2.24) is 5.32 Å². The summed E-state index contributed by atoms with van der Waals surface area (Å²) >= 11 is 0. The van der Waals surface area contributed by atoms with E-state index in [9.17, 15) is 5.11 Å². The van der Waals surface area contributed by atoms with Gasteiger partial charge in [-0.1, -0.05) is 58.0 Å². The van der Waals surface area contributed by atoms with Crippen molar-refractivity contribution in [3.8, 4) is 0 Å². The Kier molecular flexibility index (Phi) is 6.53. The van der Waals surface area contributed by atoms with Crippen LogP contribution < -0.4 is 5.32 Å². The molecule has 2 unspecified atom stereocenters. The third-order valence-electron chi connectivity index (χ3n) is 3.72. The van der Waals surface area contributed by atoms with Crippen LogP contribution >= 0.6 is 0 Å². The van der Waals surface area contributed by atoms with E-state index in [1.165, 1.54) is 5.56 Å². The van der Waals surface area contributed by atoms with Gasteiger partial charge in [0.2, 0.25) is 0 Å². The summed E-state index contributed by atoms with van der Waals surface area (Å²) in [5.74, 6) is 0. The van der Waals surface area contributed by atoms with E-state index in [0.717, 1.165) is 19.3 Å². The Morgan fingerprint density at radius 2 is 1.79 bits per heavy atom. The Morgan fingerprint density at radius 1 is 1.16 bits per heavy atom. The van der Waals surface area contributed by atoms with Gasteiger partial charge in [0.25, 0.3) is 0 Å². The highest BCUT2D eigenvalue weighted by atomic mass is 16.3. The fourth-order valence-corrected chi connectivity index (χ4v) is 2.40. The van der Waals surface area contributed by atoms with Crippen LogP contribution in [0.2, 0.25) is 0 Å². The van der Waals surface area contributed by atoms with Crippen molar-refractivity contribution in [1.29, 1.82) is 0 Å². The Hall–Kier alpha value is -0.860. The van der Waals surface area contributed by atoms with Gasteiger partial charge in [0, 0.05) is 18.7 Å². The molecule has 2 N–H and O–H groups in total. The molecule has 19 heavy (non-hydrogen) atoms. The first-order valence-corrected chi connectivity index (χ1v) is 7.38. The summed E-state index contributed by atoms with van der Waals surface area (Å²) in [7, 11) is 0. The number of hydrogen-bond donors (Lipinski definition) is 2. The maximum atomic E-state index is 9.24. The van der Waals surface area contributed by atoms with Crippen LogP contribution in [0.3, 0.4) is 0 Å². The second-order valence-electron chi connectivity index (χ2n) is 6.39. The van der Waals surface area contributed by atoms with Crippen molar-refractivity contribution in [2.75, 3.05) is 6.61 Å². The first-order chi connectivity index (χ1) is 8.97. The highest BCUT2D eigenvalue weighted by molar-refractivity contribution is 5.16. The molecular formula is C17H29NO. The molecule has 0 fully saturated rings. The highest BCUT2D eigenvalue weighted by Gasteiger charge is 2.25. The lowest BCUT2D eigenvalue weighted by Crippen LogP contribution is -2.47. The standard InChI is InChI=1S/C17H29NO/c1-5-15(13-14-9-7-6-8-10-14)18-16(11-12-19)17(2,3)4/h6-10,15-16,18-19H,5,11-13H2,1-4H3. The van der Waals surface area contributed by atoms with Gasteiger partial charge in [-0.05, 0) is 30.2 Å². The number of aliphatic hydroxyl groups excluding tert-OH is 1. The third kappa shape index (κ3) is 5.75. The van der Waals surface area contributed by atoms with Gasteiger partial charge in [0.05, 0.1) is 0 Å². The second kappa shape index (κ2) is 7.66. The SMILES string of the molecule is CCC(Cc1ccccc1)NC(CCO)C(C)(C)C. The predicted octanol–water partition coefficient (Wildman–Crippen LogP) is 3.39. The van der Waals surface area contributed by atoms with Gasteiger partial charge in [-0.3, -0.25) is 0 Å². The number of benzene rings is 1. The molecule has 0 saturated heterocycles. The fraction of sp³-hybridized carbons (Fsp3) is 0.647. The van der Waals surface area contributed by atoms with Gasteiger partial charge in [-0.15, -0.1) is 0 Å². The van der Waals surface area contributed by atoms with Crippen molar-refractivity contribution < 1.29 is 5.11 Å². The highest BCUT2D eigenvalue weighted by Crippen LogP contribution is 2.23. The average molecular weight is 263 g/mol. The monoisotopic (exact) mass is 263 g/mol. The Bertz CT molecular complexity index is 342. The molecule has 1 rings (SSSR count). The lowest BCUT2D eigenvalue weighted by Gasteiger charge is -2.34. The molecule has 0 spiro atoms.